The average Bonchev–Trinajstić information content (AvgIpc) is 2.41. The Labute approximate surface area is 126 Å². The molecule has 20 heavy (non-hydrogen) atoms. The molecule has 1 aromatic carbocycles. The van der Waals surface area contributed by atoms with E-state index in [0.717, 1.165) is 27.5 Å². The Hall–Kier alpha value is -1.46. The molecule has 0 aliphatic rings. The van der Waals surface area contributed by atoms with Gasteiger partial charge in [0.1, 0.15) is 6.04 Å². The van der Waals surface area contributed by atoms with Crippen molar-refractivity contribution in [2.24, 2.45) is 11.7 Å². The van der Waals surface area contributed by atoms with E-state index < -0.39 is 6.04 Å². The van der Waals surface area contributed by atoms with Crippen LogP contribution >= 0.6 is 15.9 Å². The lowest BCUT2D eigenvalue weighted by Gasteiger charge is -2.19. The summed E-state index contributed by atoms with van der Waals surface area (Å²) >= 11 is 3.50. The fourth-order valence-electron chi connectivity index (χ4n) is 2.11. The molecule has 1 aromatic heterocycles. The summed E-state index contributed by atoms with van der Waals surface area (Å²) in [6.45, 7) is 4.89. The van der Waals surface area contributed by atoms with Crippen LogP contribution in [0.3, 0.4) is 0 Å². The van der Waals surface area contributed by atoms with E-state index in [1.165, 1.54) is 0 Å². The van der Waals surface area contributed by atoms with Gasteiger partial charge in [-0.2, -0.15) is 0 Å². The van der Waals surface area contributed by atoms with E-state index >= 15 is 0 Å². The standard InChI is InChI=1S/C15H18BrN3O/c1-9(2)8-19-14(15(17)20)11-5-6-12(16)10-4-3-7-18-13(10)11/h3-7,9,14,19H,8H2,1-2H3,(H2,17,20). The van der Waals surface area contributed by atoms with Crippen LogP contribution < -0.4 is 11.1 Å². The summed E-state index contributed by atoms with van der Waals surface area (Å²) in [5.74, 6) is 0.0476. The summed E-state index contributed by atoms with van der Waals surface area (Å²) < 4.78 is 0.955. The molecule has 0 aliphatic heterocycles. The zero-order valence-corrected chi connectivity index (χ0v) is 13.1. The number of amides is 1. The molecule has 2 rings (SSSR count). The van der Waals surface area contributed by atoms with Crippen molar-refractivity contribution in [3.8, 4) is 0 Å². The normalized spacial score (nSPS) is 12.8. The lowest BCUT2D eigenvalue weighted by atomic mass is 10.0. The predicted molar refractivity (Wildman–Crippen MR) is 84.2 cm³/mol. The summed E-state index contributed by atoms with van der Waals surface area (Å²) in [5, 5.41) is 4.19. The number of nitrogens with two attached hydrogens (primary N) is 1. The largest absolute Gasteiger partial charge is 0.368 e. The van der Waals surface area contributed by atoms with Crippen LogP contribution in [0.15, 0.2) is 34.9 Å². The van der Waals surface area contributed by atoms with Crippen LogP contribution in [0.4, 0.5) is 0 Å². The van der Waals surface area contributed by atoms with E-state index in [0.29, 0.717) is 5.92 Å². The van der Waals surface area contributed by atoms with Gasteiger partial charge in [0.15, 0.2) is 0 Å². The van der Waals surface area contributed by atoms with Crippen molar-refractivity contribution in [3.05, 3.63) is 40.5 Å². The van der Waals surface area contributed by atoms with Gasteiger partial charge in [0, 0.05) is 21.6 Å². The van der Waals surface area contributed by atoms with Gasteiger partial charge in [-0.1, -0.05) is 41.9 Å². The maximum Gasteiger partial charge on any atom is 0.239 e. The minimum atomic E-state index is -0.525. The molecule has 1 unspecified atom stereocenters. The first-order valence-electron chi connectivity index (χ1n) is 6.56. The summed E-state index contributed by atoms with van der Waals surface area (Å²) in [5.41, 5.74) is 7.15. The first kappa shape index (κ1) is 14.9. The van der Waals surface area contributed by atoms with E-state index in [4.69, 9.17) is 5.73 Å². The Bertz CT molecular complexity index is 628. The van der Waals surface area contributed by atoms with Gasteiger partial charge in [0.2, 0.25) is 5.91 Å². The molecule has 4 nitrogen and oxygen atoms in total. The monoisotopic (exact) mass is 335 g/mol. The Morgan fingerprint density at radius 2 is 2.15 bits per heavy atom. The smallest absolute Gasteiger partial charge is 0.239 e. The fourth-order valence-corrected chi connectivity index (χ4v) is 2.56. The zero-order chi connectivity index (χ0) is 14.7. The van der Waals surface area contributed by atoms with Gasteiger partial charge < -0.3 is 11.1 Å². The number of carbonyl (C=O) groups excluding carboxylic acids is 1. The molecule has 5 heteroatoms. The van der Waals surface area contributed by atoms with Gasteiger partial charge in [-0.15, -0.1) is 0 Å². The first-order valence-corrected chi connectivity index (χ1v) is 7.36. The number of fused-ring (bicyclic) bond motifs is 1. The van der Waals surface area contributed by atoms with Crippen LogP contribution in [0.2, 0.25) is 0 Å². The van der Waals surface area contributed by atoms with Crippen molar-refractivity contribution in [2.75, 3.05) is 6.54 Å². The van der Waals surface area contributed by atoms with Crippen molar-refractivity contribution in [3.63, 3.8) is 0 Å². The molecule has 0 aliphatic carbocycles. The predicted octanol–water partition coefficient (Wildman–Crippen LogP) is 2.77. The van der Waals surface area contributed by atoms with Crippen LogP contribution in [0.25, 0.3) is 10.9 Å². The Morgan fingerprint density at radius 1 is 1.40 bits per heavy atom. The van der Waals surface area contributed by atoms with Gasteiger partial charge in [0.25, 0.3) is 0 Å². The Balaban J connectivity index is 2.48. The van der Waals surface area contributed by atoms with Gasteiger partial charge in [-0.05, 0) is 24.6 Å². The molecule has 0 radical (unpaired) electrons. The maximum absolute atomic E-state index is 11.8. The summed E-state index contributed by atoms with van der Waals surface area (Å²) in [4.78, 5) is 16.2. The van der Waals surface area contributed by atoms with Gasteiger partial charge in [-0.3, -0.25) is 9.78 Å². The number of hydrogen-bond acceptors (Lipinski definition) is 3. The minimum absolute atomic E-state index is 0.389. The Morgan fingerprint density at radius 3 is 2.80 bits per heavy atom. The maximum atomic E-state index is 11.8. The van der Waals surface area contributed by atoms with Crippen molar-refractivity contribution in [1.82, 2.24) is 10.3 Å². The highest BCUT2D eigenvalue weighted by Crippen LogP contribution is 2.28. The van der Waals surface area contributed by atoms with Crippen LogP contribution in [0.5, 0.6) is 0 Å². The highest BCUT2D eigenvalue weighted by atomic mass is 79.9. The number of primary amides is 1. The molecule has 106 valence electrons. The topological polar surface area (TPSA) is 68.0 Å². The summed E-state index contributed by atoms with van der Waals surface area (Å²) in [6, 6.07) is 7.13. The molecule has 2 aromatic rings. The molecule has 0 bridgehead atoms. The number of carbonyl (C=O) groups is 1. The van der Waals surface area contributed by atoms with Crippen molar-refractivity contribution >= 4 is 32.7 Å². The number of benzene rings is 1. The molecule has 1 heterocycles. The fraction of sp³-hybridized carbons (Fsp3) is 0.333. The molecule has 3 N–H and O–H groups in total. The SMILES string of the molecule is CC(C)CNC(C(N)=O)c1ccc(Br)c2cccnc12. The van der Waals surface area contributed by atoms with Crippen LogP contribution in [0, 0.1) is 5.92 Å². The average molecular weight is 336 g/mol. The number of nitrogens with zero attached hydrogens (tertiary/aromatic N) is 1. The first-order chi connectivity index (χ1) is 9.50. The lowest BCUT2D eigenvalue weighted by Crippen LogP contribution is -2.35. The van der Waals surface area contributed by atoms with Crippen molar-refractivity contribution in [1.29, 1.82) is 0 Å². The number of halogens is 1. The highest BCUT2D eigenvalue weighted by Gasteiger charge is 2.21. The lowest BCUT2D eigenvalue weighted by molar-refractivity contribution is -0.120. The second kappa shape index (κ2) is 6.33. The van der Waals surface area contributed by atoms with E-state index in [1.807, 2.05) is 24.3 Å². The Kier molecular flexibility index (Phi) is 4.73. The number of nitrogens with one attached hydrogen (secondary N) is 1. The quantitative estimate of drug-likeness (QED) is 0.882. The second-order valence-electron chi connectivity index (χ2n) is 5.17. The van der Waals surface area contributed by atoms with Gasteiger partial charge in [-0.25, -0.2) is 0 Å². The van der Waals surface area contributed by atoms with Crippen molar-refractivity contribution in [2.45, 2.75) is 19.9 Å². The molecule has 0 saturated heterocycles. The van der Waals surface area contributed by atoms with Gasteiger partial charge in [0.05, 0.1) is 5.52 Å². The van der Waals surface area contributed by atoms with Crippen LogP contribution in [-0.4, -0.2) is 17.4 Å². The van der Waals surface area contributed by atoms with E-state index in [-0.39, 0.29) is 5.91 Å². The molecule has 0 fully saturated rings. The summed E-state index contributed by atoms with van der Waals surface area (Å²) in [7, 11) is 0. The van der Waals surface area contributed by atoms with Crippen molar-refractivity contribution < 1.29 is 4.79 Å². The van der Waals surface area contributed by atoms with E-state index in [9.17, 15) is 4.79 Å². The molecular formula is C15H18BrN3O. The number of pyridine rings is 1. The number of hydrogen-bond donors (Lipinski definition) is 2. The third kappa shape index (κ3) is 3.16. The molecular weight excluding hydrogens is 318 g/mol. The second-order valence-corrected chi connectivity index (χ2v) is 6.03. The third-order valence-corrected chi connectivity index (χ3v) is 3.76. The highest BCUT2D eigenvalue weighted by molar-refractivity contribution is 9.10. The molecule has 1 amide bonds. The number of aromatic nitrogens is 1. The van der Waals surface area contributed by atoms with E-state index in [2.05, 4.69) is 40.1 Å². The molecule has 0 spiro atoms. The minimum Gasteiger partial charge on any atom is -0.368 e. The van der Waals surface area contributed by atoms with E-state index in [1.54, 1.807) is 6.20 Å². The van der Waals surface area contributed by atoms with Crippen LogP contribution in [0.1, 0.15) is 25.5 Å². The van der Waals surface area contributed by atoms with Crippen LogP contribution in [-0.2, 0) is 4.79 Å². The van der Waals surface area contributed by atoms with Gasteiger partial charge >= 0.3 is 0 Å². The zero-order valence-electron chi connectivity index (χ0n) is 11.6. The molecule has 0 saturated carbocycles. The summed E-state index contributed by atoms with van der Waals surface area (Å²) in [6.07, 6.45) is 1.72. The number of rotatable bonds is 5. The third-order valence-electron chi connectivity index (χ3n) is 3.07. The molecule has 1 atom stereocenters.